The minimum absolute atomic E-state index is 0.0770. The molecule has 0 fully saturated rings. The molecule has 2 nitrogen and oxygen atoms in total. The Balaban J connectivity index is 0.895. The van der Waals surface area contributed by atoms with Gasteiger partial charge in [-0.1, -0.05) is 190 Å². The Morgan fingerprint density at radius 3 is 2.12 bits per heavy atom. The first-order valence-electron chi connectivity index (χ1n) is 21.4. The van der Waals surface area contributed by atoms with E-state index in [1.165, 1.54) is 78.4 Å². The van der Waals surface area contributed by atoms with Gasteiger partial charge in [-0.15, -0.1) is 0 Å². The lowest BCUT2D eigenvalue weighted by Crippen LogP contribution is -2.28. The fourth-order valence-electron chi connectivity index (χ4n) is 9.92. The fourth-order valence-corrected chi connectivity index (χ4v) is 9.92. The molecule has 3 unspecified atom stereocenters. The van der Waals surface area contributed by atoms with Crippen molar-refractivity contribution < 1.29 is 0 Å². The van der Waals surface area contributed by atoms with Crippen molar-refractivity contribution in [2.24, 2.45) is 0 Å². The van der Waals surface area contributed by atoms with Gasteiger partial charge in [0, 0.05) is 46.6 Å². The van der Waals surface area contributed by atoms with Crippen LogP contribution < -0.4 is 9.80 Å². The van der Waals surface area contributed by atoms with E-state index in [1.54, 1.807) is 0 Å². The molecule has 1 heterocycles. The molecule has 6 aromatic rings. The second-order valence-corrected chi connectivity index (χ2v) is 16.8. The molecule has 10 rings (SSSR count). The van der Waals surface area contributed by atoms with Crippen molar-refractivity contribution >= 4 is 22.6 Å². The van der Waals surface area contributed by atoms with Crippen LogP contribution in [-0.4, -0.2) is 12.6 Å². The summed E-state index contributed by atoms with van der Waals surface area (Å²) >= 11 is 0. The molecule has 3 atom stereocenters. The van der Waals surface area contributed by atoms with Crippen molar-refractivity contribution in [3.8, 4) is 22.3 Å². The lowest BCUT2D eigenvalue weighted by atomic mass is 9.81. The maximum atomic E-state index is 4.23. The molecular formula is C58H50N2. The molecule has 0 radical (unpaired) electrons. The maximum Gasteiger partial charge on any atom is 0.0629 e. The van der Waals surface area contributed by atoms with Crippen LogP contribution in [0.5, 0.6) is 0 Å². The first-order valence-corrected chi connectivity index (χ1v) is 21.4. The van der Waals surface area contributed by atoms with Crippen LogP contribution in [0.3, 0.4) is 0 Å². The van der Waals surface area contributed by atoms with E-state index in [2.05, 4.69) is 237 Å². The first kappa shape index (κ1) is 37.4. The smallest absolute Gasteiger partial charge is 0.0629 e. The van der Waals surface area contributed by atoms with E-state index in [-0.39, 0.29) is 5.41 Å². The van der Waals surface area contributed by atoms with E-state index >= 15 is 0 Å². The standard InChI is InChI=1S/C58H50N2/c1-4-54-50(51-20-11-13-23-55(51)58(54,2)3)22-15-39-59(47-34-29-43(30-35-47)41-16-7-5-8-17-41)48-36-31-44(32-37-48)42-25-27-45(28-26-42)46-33-38-57-53(40-46)52-21-12-14-24-56(52)60(57)49-18-9-6-10-19-49/h4-31,33-38,40,44,52,56H,1,32,39H2,2-3H3/b22-15-. The Hall–Kier alpha value is -6.90. The predicted molar refractivity (Wildman–Crippen MR) is 255 cm³/mol. The minimum atomic E-state index is -0.0770. The van der Waals surface area contributed by atoms with Crippen LogP contribution in [-0.2, 0) is 5.41 Å². The van der Waals surface area contributed by atoms with Crippen molar-refractivity contribution in [2.75, 3.05) is 16.3 Å². The summed E-state index contributed by atoms with van der Waals surface area (Å²) in [6, 6.07) is 55.8. The number of benzene rings is 6. The van der Waals surface area contributed by atoms with Gasteiger partial charge in [0.25, 0.3) is 0 Å². The molecule has 0 amide bonds. The van der Waals surface area contributed by atoms with Gasteiger partial charge in [-0.25, -0.2) is 0 Å². The number of nitrogens with zero attached hydrogens (tertiary/aromatic N) is 2. The van der Waals surface area contributed by atoms with Gasteiger partial charge in [0.1, 0.15) is 0 Å². The second kappa shape index (κ2) is 15.7. The molecule has 4 aliphatic rings. The van der Waals surface area contributed by atoms with Crippen LogP contribution in [0.1, 0.15) is 54.4 Å². The van der Waals surface area contributed by atoms with Gasteiger partial charge in [-0.05, 0) is 105 Å². The molecular weight excluding hydrogens is 725 g/mol. The van der Waals surface area contributed by atoms with Crippen LogP contribution in [0.15, 0.2) is 230 Å². The third-order valence-electron chi connectivity index (χ3n) is 13.1. The van der Waals surface area contributed by atoms with Crippen LogP contribution in [0.4, 0.5) is 17.1 Å². The molecule has 6 aromatic carbocycles. The number of anilines is 3. The summed E-state index contributed by atoms with van der Waals surface area (Å²) in [5.41, 5.74) is 17.8. The Kier molecular flexibility index (Phi) is 9.78. The molecule has 0 spiro atoms. The molecule has 3 aliphatic carbocycles. The van der Waals surface area contributed by atoms with Crippen LogP contribution >= 0.6 is 0 Å². The highest BCUT2D eigenvalue weighted by Gasteiger charge is 2.38. The third-order valence-corrected chi connectivity index (χ3v) is 13.1. The fraction of sp³-hybridized carbons (Fsp3) is 0.138. The molecule has 292 valence electrons. The van der Waals surface area contributed by atoms with Crippen molar-refractivity contribution in [2.45, 2.75) is 43.6 Å². The number of para-hydroxylation sites is 1. The average Bonchev–Trinajstić information content (AvgIpc) is 3.75. The molecule has 2 heteroatoms. The van der Waals surface area contributed by atoms with Gasteiger partial charge >= 0.3 is 0 Å². The van der Waals surface area contributed by atoms with E-state index in [9.17, 15) is 0 Å². The lowest BCUT2D eigenvalue weighted by molar-refractivity contribution is 0.654. The van der Waals surface area contributed by atoms with Gasteiger partial charge in [-0.2, -0.15) is 0 Å². The quantitative estimate of drug-likeness (QED) is 0.137. The molecule has 0 N–H and O–H groups in total. The molecule has 1 aliphatic heterocycles. The number of hydrogen-bond donors (Lipinski definition) is 0. The van der Waals surface area contributed by atoms with Crippen molar-refractivity contribution in [1.82, 2.24) is 0 Å². The third kappa shape index (κ3) is 6.73. The van der Waals surface area contributed by atoms with Crippen LogP contribution in [0, 0.1) is 0 Å². The molecule has 0 aromatic heterocycles. The Bertz CT molecular complexity index is 2740. The summed E-state index contributed by atoms with van der Waals surface area (Å²) < 4.78 is 0. The summed E-state index contributed by atoms with van der Waals surface area (Å²) in [7, 11) is 0. The van der Waals surface area contributed by atoms with Gasteiger partial charge in [-0.3, -0.25) is 0 Å². The van der Waals surface area contributed by atoms with E-state index in [0.29, 0.717) is 17.9 Å². The lowest BCUT2D eigenvalue weighted by Gasteiger charge is -2.28. The van der Waals surface area contributed by atoms with Gasteiger partial charge < -0.3 is 9.80 Å². The molecule has 60 heavy (non-hydrogen) atoms. The first-order chi connectivity index (χ1) is 29.5. The normalized spacial score (nSPS) is 19.6. The van der Waals surface area contributed by atoms with E-state index in [1.807, 2.05) is 6.08 Å². The minimum Gasteiger partial charge on any atom is -0.338 e. The number of allylic oxidation sites excluding steroid dienone is 9. The molecule has 0 bridgehead atoms. The average molecular weight is 775 g/mol. The van der Waals surface area contributed by atoms with E-state index in [0.717, 1.165) is 13.0 Å². The number of hydrogen-bond acceptors (Lipinski definition) is 2. The maximum absolute atomic E-state index is 4.23. The zero-order valence-electron chi connectivity index (χ0n) is 34.5. The molecule has 0 saturated carbocycles. The summed E-state index contributed by atoms with van der Waals surface area (Å²) in [5, 5.41) is 0. The van der Waals surface area contributed by atoms with Crippen LogP contribution in [0.2, 0.25) is 0 Å². The summed E-state index contributed by atoms with van der Waals surface area (Å²) in [6.45, 7) is 9.59. The Morgan fingerprint density at radius 1 is 0.700 bits per heavy atom. The van der Waals surface area contributed by atoms with Crippen molar-refractivity contribution in [3.05, 3.63) is 253 Å². The van der Waals surface area contributed by atoms with Gasteiger partial charge in [0.15, 0.2) is 0 Å². The highest BCUT2D eigenvalue weighted by atomic mass is 15.2. The number of fused-ring (bicyclic) bond motifs is 4. The Labute approximate surface area is 355 Å². The zero-order valence-corrected chi connectivity index (χ0v) is 34.5. The second-order valence-electron chi connectivity index (χ2n) is 16.8. The monoisotopic (exact) mass is 774 g/mol. The highest BCUT2D eigenvalue weighted by molar-refractivity contribution is 5.88. The van der Waals surface area contributed by atoms with Crippen molar-refractivity contribution in [1.29, 1.82) is 0 Å². The van der Waals surface area contributed by atoms with E-state index in [4.69, 9.17) is 0 Å². The summed E-state index contributed by atoms with van der Waals surface area (Å²) in [5.74, 6) is 0.653. The molecule has 0 saturated heterocycles. The van der Waals surface area contributed by atoms with Gasteiger partial charge in [0.2, 0.25) is 0 Å². The number of rotatable bonds is 10. The highest BCUT2D eigenvalue weighted by Crippen LogP contribution is 2.49. The Morgan fingerprint density at radius 2 is 1.37 bits per heavy atom. The van der Waals surface area contributed by atoms with Crippen LogP contribution in [0.25, 0.3) is 27.8 Å². The zero-order chi connectivity index (χ0) is 40.6. The largest absolute Gasteiger partial charge is 0.338 e. The summed E-state index contributed by atoms with van der Waals surface area (Å²) in [4.78, 5) is 4.93. The van der Waals surface area contributed by atoms with Gasteiger partial charge in [0.05, 0.1) is 6.04 Å². The van der Waals surface area contributed by atoms with E-state index < -0.39 is 0 Å². The summed E-state index contributed by atoms with van der Waals surface area (Å²) in [6.07, 6.45) is 23.8. The topological polar surface area (TPSA) is 6.48 Å². The van der Waals surface area contributed by atoms with Crippen molar-refractivity contribution in [3.63, 3.8) is 0 Å². The SMILES string of the molecule is C=CC1=C(/C=C\CN(C2=CCC(c3ccc(-c4ccc5c(c4)C4C=CC=CC4N5c4ccccc4)cc3)C=C2)c2ccc(-c3ccccc3)cc2)c2ccccc2C1(C)C. The predicted octanol–water partition coefficient (Wildman–Crippen LogP) is 14.7.